The molecule has 7 rings (SSSR count). The summed E-state index contributed by atoms with van der Waals surface area (Å²) in [5, 5.41) is 20.8. The number of hydrogen-bond donors (Lipinski definition) is 5. The minimum Gasteiger partial charge on any atom is -0.473 e. The molecular weight excluding hydrogens is 540 g/mol. The summed E-state index contributed by atoms with van der Waals surface area (Å²) in [6.07, 6.45) is 6.00. The van der Waals surface area contributed by atoms with E-state index in [1.54, 1.807) is 0 Å². The number of carboxylic acids is 2. The van der Waals surface area contributed by atoms with E-state index in [1.165, 1.54) is 57.2 Å². The van der Waals surface area contributed by atoms with E-state index in [1.807, 2.05) is 0 Å². The van der Waals surface area contributed by atoms with Gasteiger partial charge in [-0.25, -0.2) is 9.59 Å². The third kappa shape index (κ3) is 8.22. The molecule has 4 heterocycles. The average Bonchev–Trinajstić information content (AvgIpc) is 3.68. The van der Waals surface area contributed by atoms with Gasteiger partial charge in [0.1, 0.15) is 0 Å². The van der Waals surface area contributed by atoms with Gasteiger partial charge in [-0.3, -0.25) is 4.90 Å². The predicted octanol–water partition coefficient (Wildman–Crippen LogP) is 6.25. The van der Waals surface area contributed by atoms with Crippen LogP contribution in [0.25, 0.3) is 27.4 Å². The molecule has 1 saturated heterocycles. The zero-order chi connectivity index (χ0) is 30.0. The van der Waals surface area contributed by atoms with Crippen molar-refractivity contribution in [1.29, 1.82) is 0 Å². The normalized spacial score (nSPS) is 15.6. The maximum Gasteiger partial charge on any atom is 0.414 e. The van der Waals surface area contributed by atoms with Crippen molar-refractivity contribution in [1.82, 2.24) is 20.2 Å². The zero-order valence-corrected chi connectivity index (χ0v) is 24.1. The predicted molar refractivity (Wildman–Crippen MR) is 171 cm³/mol. The molecular formula is C35H38N4O4. The molecule has 2 aromatic heterocycles. The largest absolute Gasteiger partial charge is 0.473 e. The van der Waals surface area contributed by atoms with Crippen LogP contribution in [0.1, 0.15) is 42.1 Å². The lowest BCUT2D eigenvalue weighted by Gasteiger charge is -2.26. The molecule has 0 saturated carbocycles. The van der Waals surface area contributed by atoms with Crippen LogP contribution in [0.5, 0.6) is 0 Å². The summed E-state index contributed by atoms with van der Waals surface area (Å²) in [7, 11) is 0. The molecule has 8 heteroatoms. The number of aromatic nitrogens is 2. The smallest absolute Gasteiger partial charge is 0.414 e. The summed E-state index contributed by atoms with van der Waals surface area (Å²) in [5.74, 6) is -2.93. The molecule has 0 spiro atoms. The summed E-state index contributed by atoms with van der Waals surface area (Å²) in [5.41, 5.74) is 8.03. The highest BCUT2D eigenvalue weighted by molar-refractivity contribution is 6.27. The summed E-state index contributed by atoms with van der Waals surface area (Å²) < 4.78 is 0. The molecule has 222 valence electrons. The number of rotatable bonds is 4. The molecule has 0 aliphatic carbocycles. The second-order valence-corrected chi connectivity index (χ2v) is 10.9. The lowest BCUT2D eigenvalue weighted by Crippen LogP contribution is -2.28. The number of fused-ring (bicyclic) bond motifs is 2. The number of para-hydroxylation sites is 2. The first-order valence-electron chi connectivity index (χ1n) is 14.7. The minimum atomic E-state index is -1.82. The van der Waals surface area contributed by atoms with Crippen molar-refractivity contribution in [3.63, 3.8) is 0 Å². The number of H-pyrrole nitrogens is 2. The molecule has 8 nitrogen and oxygen atoms in total. The van der Waals surface area contributed by atoms with Crippen LogP contribution in [-0.2, 0) is 16.1 Å². The number of nitrogens with zero attached hydrogens (tertiary/aromatic N) is 1. The van der Waals surface area contributed by atoms with Crippen molar-refractivity contribution in [2.75, 3.05) is 26.2 Å². The lowest BCUT2D eigenvalue weighted by molar-refractivity contribution is -0.159. The molecule has 3 aromatic carbocycles. The van der Waals surface area contributed by atoms with Crippen molar-refractivity contribution in [3.8, 4) is 0 Å². The fraction of sp³-hybridized carbons (Fsp3) is 0.257. The van der Waals surface area contributed by atoms with Crippen molar-refractivity contribution in [2.24, 2.45) is 0 Å². The third-order valence-corrected chi connectivity index (χ3v) is 7.93. The molecule has 5 N–H and O–H groups in total. The van der Waals surface area contributed by atoms with Crippen LogP contribution in [0.4, 0.5) is 0 Å². The van der Waals surface area contributed by atoms with Crippen molar-refractivity contribution in [2.45, 2.75) is 31.7 Å². The number of nitrogens with one attached hydrogen (secondary N) is 3. The molecule has 0 unspecified atom stereocenters. The Kier molecular flexibility index (Phi) is 10.0. The Labute approximate surface area is 251 Å². The molecule has 5 aromatic rings. The number of carbonyl (C=O) groups is 2. The Hall–Kier alpha value is -4.66. The maximum atomic E-state index is 9.10. The van der Waals surface area contributed by atoms with Crippen LogP contribution in [0.2, 0.25) is 0 Å². The lowest BCUT2D eigenvalue weighted by atomic mass is 9.95. The van der Waals surface area contributed by atoms with Gasteiger partial charge in [-0.05, 0) is 78.5 Å². The van der Waals surface area contributed by atoms with Gasteiger partial charge < -0.3 is 25.5 Å². The first-order valence-corrected chi connectivity index (χ1v) is 14.7. The quantitative estimate of drug-likeness (QED) is 0.161. The Balaban J connectivity index is 0.000000151. The Morgan fingerprint density at radius 2 is 1.37 bits per heavy atom. The van der Waals surface area contributed by atoms with E-state index >= 15 is 0 Å². The molecule has 0 radical (unpaired) electrons. The summed E-state index contributed by atoms with van der Waals surface area (Å²) in [4.78, 5) is 27.8. The summed E-state index contributed by atoms with van der Waals surface area (Å²) in [6.45, 7) is 5.49. The van der Waals surface area contributed by atoms with Gasteiger partial charge in [-0.15, -0.1) is 0 Å². The number of hydrogen-bond acceptors (Lipinski definition) is 4. The third-order valence-electron chi connectivity index (χ3n) is 7.93. The minimum absolute atomic E-state index is 0.721. The van der Waals surface area contributed by atoms with Gasteiger partial charge in [0.2, 0.25) is 0 Å². The van der Waals surface area contributed by atoms with Crippen LogP contribution < -0.4 is 5.32 Å². The second kappa shape index (κ2) is 14.5. The van der Waals surface area contributed by atoms with Gasteiger partial charge in [-0.2, -0.15) is 0 Å². The van der Waals surface area contributed by atoms with Crippen LogP contribution >= 0.6 is 0 Å². The van der Waals surface area contributed by atoms with Gasteiger partial charge in [0.05, 0.1) is 0 Å². The van der Waals surface area contributed by atoms with E-state index in [0.29, 0.717) is 0 Å². The van der Waals surface area contributed by atoms with Gasteiger partial charge in [-0.1, -0.05) is 72.8 Å². The van der Waals surface area contributed by atoms with E-state index in [4.69, 9.17) is 19.8 Å². The zero-order valence-electron chi connectivity index (χ0n) is 24.1. The number of aliphatic carboxylic acids is 2. The Morgan fingerprint density at radius 3 is 1.95 bits per heavy atom. The summed E-state index contributed by atoms with van der Waals surface area (Å²) >= 11 is 0. The van der Waals surface area contributed by atoms with Crippen LogP contribution in [0, 0.1) is 0 Å². The fourth-order valence-corrected chi connectivity index (χ4v) is 5.64. The van der Waals surface area contributed by atoms with E-state index < -0.39 is 11.9 Å². The highest BCUT2D eigenvalue weighted by Gasteiger charge is 2.17. The molecule has 0 amide bonds. The summed E-state index contributed by atoms with van der Waals surface area (Å²) in [6, 6.07) is 32.3. The first-order chi connectivity index (χ1) is 21.0. The number of carboxylic acid groups (broad SMARTS) is 2. The topological polar surface area (TPSA) is 121 Å². The SMILES string of the molecule is C1=C(c2cc3ccccc3[nH]2)CCN(Cc2ccccc2)C1.O=C(O)C(=O)O.c1ccc2[nH]c(C3CCNCC3)cc2c1. The number of piperidine rings is 1. The highest BCUT2D eigenvalue weighted by atomic mass is 16.4. The monoisotopic (exact) mass is 578 g/mol. The van der Waals surface area contributed by atoms with Gasteiger partial charge in [0.15, 0.2) is 0 Å². The number of benzene rings is 3. The molecule has 1 fully saturated rings. The van der Waals surface area contributed by atoms with E-state index in [-0.39, 0.29) is 0 Å². The molecule has 2 aliphatic heterocycles. The first kappa shape index (κ1) is 29.8. The van der Waals surface area contributed by atoms with Crippen molar-refractivity contribution in [3.05, 3.63) is 114 Å². The Bertz CT molecular complexity index is 1600. The Morgan fingerprint density at radius 1 is 0.767 bits per heavy atom. The van der Waals surface area contributed by atoms with Crippen LogP contribution in [0.15, 0.2) is 97.1 Å². The molecule has 43 heavy (non-hydrogen) atoms. The van der Waals surface area contributed by atoms with Crippen molar-refractivity contribution >= 4 is 39.3 Å². The van der Waals surface area contributed by atoms with Crippen molar-refractivity contribution < 1.29 is 19.8 Å². The van der Waals surface area contributed by atoms with E-state index in [9.17, 15) is 0 Å². The van der Waals surface area contributed by atoms with Crippen LogP contribution in [-0.4, -0.2) is 63.2 Å². The molecule has 2 aliphatic rings. The highest BCUT2D eigenvalue weighted by Crippen LogP contribution is 2.28. The molecule has 0 bridgehead atoms. The van der Waals surface area contributed by atoms with E-state index in [2.05, 4.69) is 117 Å². The van der Waals surface area contributed by atoms with Gasteiger partial charge in [0.25, 0.3) is 0 Å². The van der Waals surface area contributed by atoms with Gasteiger partial charge >= 0.3 is 11.9 Å². The number of aromatic amines is 2. The van der Waals surface area contributed by atoms with Gasteiger partial charge in [0, 0.05) is 48.0 Å². The molecule has 0 atom stereocenters. The standard InChI is InChI=1S/C20H20N2.C13H16N2.C2H2O4/c1-2-6-16(7-3-1)15-22-12-10-17(11-13-22)20-14-18-8-4-5-9-19(18)21-20;1-2-4-12-11(3-1)9-13(15-12)10-5-7-14-8-6-10;3-1(4)2(5)6/h1-10,14,21H,11-13,15H2;1-4,9-10,14-15H,5-8H2;(H,3,4)(H,5,6). The second-order valence-electron chi connectivity index (χ2n) is 10.9. The average molecular weight is 579 g/mol. The fourth-order valence-electron chi connectivity index (χ4n) is 5.64. The van der Waals surface area contributed by atoms with E-state index in [0.717, 1.165) is 45.1 Å². The maximum absolute atomic E-state index is 9.10. The van der Waals surface area contributed by atoms with Crippen LogP contribution in [0.3, 0.4) is 0 Å².